The molecule has 0 bridgehead atoms. The first-order valence-corrected chi connectivity index (χ1v) is 14.1. The van der Waals surface area contributed by atoms with Crippen molar-refractivity contribution in [2.75, 3.05) is 6.54 Å². The summed E-state index contributed by atoms with van der Waals surface area (Å²) in [5.74, 6) is 0.0784. The molecule has 1 N–H and O–H groups in total. The number of nitrogens with one attached hydrogen (secondary N) is 1. The summed E-state index contributed by atoms with van der Waals surface area (Å²) in [6.07, 6.45) is 13.1. The Morgan fingerprint density at radius 2 is 1.78 bits per heavy atom. The number of hydrogen-bond acceptors (Lipinski definition) is 4. The van der Waals surface area contributed by atoms with Crippen LogP contribution in [0, 0.1) is 17.7 Å². The molecule has 2 aromatic carbocycles. The van der Waals surface area contributed by atoms with Crippen LogP contribution in [0.5, 0.6) is 0 Å². The largest absolute Gasteiger partial charge is 0.264 e. The highest BCUT2D eigenvalue weighted by Gasteiger charge is 2.36. The van der Waals surface area contributed by atoms with Gasteiger partial charge in [0.15, 0.2) is 0 Å². The zero-order valence-corrected chi connectivity index (χ0v) is 21.3. The van der Waals surface area contributed by atoms with Gasteiger partial charge in [-0.15, -0.1) is 0 Å². The zero-order chi connectivity index (χ0) is 25.1. The first kappa shape index (κ1) is 24.7. The number of rotatable bonds is 5. The summed E-state index contributed by atoms with van der Waals surface area (Å²) in [4.78, 5) is 4.94. The molecule has 36 heavy (non-hydrogen) atoms. The molecule has 0 spiro atoms. The Hall–Kier alpha value is -2.97. The van der Waals surface area contributed by atoms with Crippen LogP contribution < -0.4 is 4.72 Å². The van der Waals surface area contributed by atoms with Gasteiger partial charge in [-0.25, -0.2) is 27.5 Å². The van der Waals surface area contributed by atoms with Crippen LogP contribution in [0.3, 0.4) is 0 Å². The number of hydrogen-bond donors (Lipinski definition) is 1. The number of nitrogens with zero attached hydrogens (tertiary/aromatic N) is 3. The van der Waals surface area contributed by atoms with E-state index in [2.05, 4.69) is 16.9 Å². The summed E-state index contributed by atoms with van der Waals surface area (Å²) in [6.45, 7) is 0.463. The Kier molecular flexibility index (Phi) is 7.25. The molecule has 0 radical (unpaired) electrons. The van der Waals surface area contributed by atoms with E-state index in [-0.39, 0.29) is 34.5 Å². The third-order valence-corrected chi connectivity index (χ3v) is 8.44. The molecule has 5 rings (SSSR count). The van der Waals surface area contributed by atoms with Gasteiger partial charge in [-0.2, -0.15) is 5.10 Å². The smallest absolute Gasteiger partial charge is 0.248 e. The number of benzene rings is 2. The van der Waals surface area contributed by atoms with Crippen molar-refractivity contribution in [1.82, 2.24) is 9.73 Å². The van der Waals surface area contributed by atoms with E-state index >= 15 is 0 Å². The molecule has 1 unspecified atom stereocenters. The maximum atomic E-state index is 13.7. The van der Waals surface area contributed by atoms with E-state index in [1.807, 2.05) is 12.2 Å². The highest BCUT2D eigenvalue weighted by Crippen LogP contribution is 2.32. The van der Waals surface area contributed by atoms with Crippen molar-refractivity contribution in [3.8, 4) is 0 Å². The minimum Gasteiger partial charge on any atom is -0.248 e. The SMILES string of the molecule is O=S(=O)(NC(=NC1CCCC1)N1C[C@H](C2C=CC=CC2)C(c2ccc(F)cc2)=N1)c1ccc(Cl)cc1. The van der Waals surface area contributed by atoms with Crippen LogP contribution in [0.1, 0.15) is 37.7 Å². The lowest BCUT2D eigenvalue weighted by atomic mass is 9.82. The molecule has 9 heteroatoms. The summed E-state index contributed by atoms with van der Waals surface area (Å²) >= 11 is 5.96. The number of guanidine groups is 1. The van der Waals surface area contributed by atoms with Gasteiger partial charge >= 0.3 is 0 Å². The Morgan fingerprint density at radius 1 is 1.06 bits per heavy atom. The van der Waals surface area contributed by atoms with Gasteiger partial charge in [-0.1, -0.05) is 60.9 Å². The van der Waals surface area contributed by atoms with E-state index in [1.54, 1.807) is 29.3 Å². The summed E-state index contributed by atoms with van der Waals surface area (Å²) in [6, 6.07) is 12.3. The van der Waals surface area contributed by atoms with E-state index in [0.717, 1.165) is 43.4 Å². The third-order valence-electron chi connectivity index (χ3n) is 6.84. The average Bonchev–Trinajstić information content (AvgIpc) is 3.55. The fourth-order valence-corrected chi connectivity index (χ4v) is 6.06. The fourth-order valence-electron chi connectivity index (χ4n) is 4.93. The zero-order valence-electron chi connectivity index (χ0n) is 19.7. The van der Waals surface area contributed by atoms with Crippen LogP contribution in [-0.4, -0.2) is 37.7 Å². The summed E-state index contributed by atoms with van der Waals surface area (Å²) in [5, 5.41) is 7.00. The van der Waals surface area contributed by atoms with E-state index in [9.17, 15) is 12.8 Å². The molecular formula is C27H28ClFN4O2S. The van der Waals surface area contributed by atoms with Crippen LogP contribution in [-0.2, 0) is 10.0 Å². The second-order valence-corrected chi connectivity index (χ2v) is 11.5. The molecule has 0 aromatic heterocycles. The minimum atomic E-state index is -3.91. The van der Waals surface area contributed by atoms with Crippen molar-refractivity contribution in [2.24, 2.45) is 21.9 Å². The lowest BCUT2D eigenvalue weighted by molar-refractivity contribution is 0.388. The monoisotopic (exact) mass is 526 g/mol. The quantitative estimate of drug-likeness (QED) is 0.411. The van der Waals surface area contributed by atoms with Gasteiger partial charge < -0.3 is 0 Å². The molecule has 3 aliphatic rings. The van der Waals surface area contributed by atoms with Crippen molar-refractivity contribution in [1.29, 1.82) is 0 Å². The number of sulfonamides is 1. The van der Waals surface area contributed by atoms with Gasteiger partial charge in [-0.3, -0.25) is 0 Å². The minimum absolute atomic E-state index is 0.00882. The molecule has 188 valence electrons. The number of aliphatic imine (C=N–C) groups is 1. The molecule has 0 amide bonds. The Bertz CT molecular complexity index is 1310. The molecule has 0 saturated heterocycles. The van der Waals surface area contributed by atoms with Crippen molar-refractivity contribution in [2.45, 2.75) is 43.0 Å². The topological polar surface area (TPSA) is 74.1 Å². The first-order valence-electron chi connectivity index (χ1n) is 12.2. The molecule has 2 atom stereocenters. The highest BCUT2D eigenvalue weighted by atomic mass is 35.5. The standard InChI is InChI=1S/C27H28ClFN4O2S/c28-21-12-16-24(17-13-21)36(34,35)32-27(30-23-8-4-5-9-23)33-18-25(19-6-2-1-3-7-19)26(31-33)20-10-14-22(29)15-11-20/h1-3,6,10-17,19,23,25H,4-5,7-9,18H2,(H,30,32)/t19?,25-/m1/s1. The summed E-state index contributed by atoms with van der Waals surface area (Å²) < 4.78 is 42.9. The number of halogens is 2. The van der Waals surface area contributed by atoms with E-state index < -0.39 is 10.0 Å². The lowest BCUT2D eigenvalue weighted by Gasteiger charge is -2.24. The Balaban J connectivity index is 1.51. The van der Waals surface area contributed by atoms with Gasteiger partial charge in [0.1, 0.15) is 5.82 Å². The predicted octanol–water partition coefficient (Wildman–Crippen LogP) is 5.52. The van der Waals surface area contributed by atoms with Gasteiger partial charge in [-0.05, 0) is 67.1 Å². The lowest BCUT2D eigenvalue weighted by Crippen LogP contribution is -2.42. The molecule has 6 nitrogen and oxygen atoms in total. The predicted molar refractivity (Wildman–Crippen MR) is 141 cm³/mol. The number of hydrazone groups is 1. The maximum absolute atomic E-state index is 13.7. The van der Waals surface area contributed by atoms with Crippen LogP contribution in [0.25, 0.3) is 0 Å². The second-order valence-electron chi connectivity index (χ2n) is 9.34. The number of allylic oxidation sites excluding steroid dienone is 4. The normalized spacial score (nSPS) is 22.8. The van der Waals surface area contributed by atoms with Gasteiger partial charge in [0, 0.05) is 10.9 Å². The Morgan fingerprint density at radius 3 is 2.44 bits per heavy atom. The van der Waals surface area contributed by atoms with E-state index in [1.165, 1.54) is 24.3 Å². The van der Waals surface area contributed by atoms with Gasteiger partial charge in [0.2, 0.25) is 5.96 Å². The molecule has 2 aromatic rings. The average molecular weight is 527 g/mol. The van der Waals surface area contributed by atoms with Crippen molar-refractivity contribution < 1.29 is 12.8 Å². The fraction of sp³-hybridized carbons (Fsp3) is 0.333. The second kappa shape index (κ2) is 10.6. The van der Waals surface area contributed by atoms with Crippen LogP contribution in [0.15, 0.2) is 87.8 Å². The molecule has 1 fully saturated rings. The van der Waals surface area contributed by atoms with E-state index in [0.29, 0.717) is 11.6 Å². The van der Waals surface area contributed by atoms with Gasteiger partial charge in [0.25, 0.3) is 10.0 Å². The Labute approximate surface area is 216 Å². The van der Waals surface area contributed by atoms with Crippen molar-refractivity contribution >= 4 is 33.3 Å². The highest BCUT2D eigenvalue weighted by molar-refractivity contribution is 7.90. The first-order chi connectivity index (χ1) is 17.4. The molecular weight excluding hydrogens is 499 g/mol. The van der Waals surface area contributed by atoms with Crippen molar-refractivity contribution in [3.05, 3.63) is 89.2 Å². The molecule has 1 saturated carbocycles. The maximum Gasteiger partial charge on any atom is 0.264 e. The molecule has 1 aliphatic heterocycles. The van der Waals surface area contributed by atoms with Gasteiger partial charge in [0.05, 0.1) is 23.2 Å². The van der Waals surface area contributed by atoms with Crippen LogP contribution in [0.4, 0.5) is 4.39 Å². The molecule has 1 heterocycles. The molecule has 2 aliphatic carbocycles. The van der Waals surface area contributed by atoms with Crippen LogP contribution >= 0.6 is 11.6 Å². The third kappa shape index (κ3) is 5.55. The summed E-state index contributed by atoms with van der Waals surface area (Å²) in [5.41, 5.74) is 1.61. The van der Waals surface area contributed by atoms with Crippen LogP contribution in [0.2, 0.25) is 5.02 Å². The van der Waals surface area contributed by atoms with Crippen molar-refractivity contribution in [3.63, 3.8) is 0 Å². The van der Waals surface area contributed by atoms with E-state index in [4.69, 9.17) is 21.7 Å². The summed E-state index contributed by atoms with van der Waals surface area (Å²) in [7, 11) is -3.91.